The van der Waals surface area contributed by atoms with E-state index in [-0.39, 0.29) is 12.1 Å². The summed E-state index contributed by atoms with van der Waals surface area (Å²) >= 11 is 0. The van der Waals surface area contributed by atoms with Crippen molar-refractivity contribution in [3.63, 3.8) is 0 Å². The summed E-state index contributed by atoms with van der Waals surface area (Å²) in [6, 6.07) is 6.55. The third kappa shape index (κ3) is 4.57. The first-order chi connectivity index (χ1) is 10.5. The molecule has 0 aromatic heterocycles. The number of urea groups is 1. The third-order valence-electron chi connectivity index (χ3n) is 4.13. The van der Waals surface area contributed by atoms with E-state index in [0.29, 0.717) is 18.2 Å². The second kappa shape index (κ2) is 7.77. The third-order valence-corrected chi connectivity index (χ3v) is 4.91. The molecular weight excluding hydrogens is 296 g/mol. The minimum atomic E-state index is -0.876. The van der Waals surface area contributed by atoms with E-state index in [0.717, 1.165) is 19.3 Å². The summed E-state index contributed by atoms with van der Waals surface area (Å²) in [6.07, 6.45) is 4.80. The van der Waals surface area contributed by atoms with Gasteiger partial charge < -0.3 is 10.6 Å². The zero-order valence-electron chi connectivity index (χ0n) is 13.6. The Balaban J connectivity index is 2.03. The maximum absolute atomic E-state index is 12.0. The maximum atomic E-state index is 12.0. The molecule has 1 aliphatic rings. The maximum Gasteiger partial charge on any atom is 0.315 e. The van der Waals surface area contributed by atoms with Crippen LogP contribution in [0, 0.1) is 0 Å². The first-order valence-electron chi connectivity index (χ1n) is 7.94. The zero-order chi connectivity index (χ0) is 16.1. The summed E-state index contributed by atoms with van der Waals surface area (Å²) in [5.41, 5.74) is 3.91. The fourth-order valence-electron chi connectivity index (χ4n) is 2.84. The van der Waals surface area contributed by atoms with Crippen molar-refractivity contribution in [2.24, 2.45) is 0 Å². The number of hydrogen-bond donors (Lipinski definition) is 2. The minimum absolute atomic E-state index is 0.0783. The Bertz CT molecular complexity index is 558. The Hall–Kier alpha value is -1.36. The number of aryl methyl sites for hydroxylation is 1. The lowest BCUT2D eigenvalue weighted by atomic mass is 9.85. The van der Waals surface area contributed by atoms with Crippen molar-refractivity contribution < 1.29 is 9.00 Å². The zero-order valence-corrected chi connectivity index (χ0v) is 14.5. The molecule has 2 amide bonds. The second-order valence-corrected chi connectivity index (χ2v) is 7.79. The molecule has 0 saturated heterocycles. The lowest BCUT2D eigenvalue weighted by molar-refractivity contribution is 0.236. The molecule has 4 nitrogen and oxygen atoms in total. The monoisotopic (exact) mass is 322 g/mol. The molecule has 1 aromatic rings. The highest BCUT2D eigenvalue weighted by Gasteiger charge is 2.22. The number of carbonyl (C=O) groups excluding carboxylic acids is 1. The van der Waals surface area contributed by atoms with Crippen LogP contribution in [0.25, 0.3) is 0 Å². The first kappa shape index (κ1) is 17.0. The van der Waals surface area contributed by atoms with E-state index < -0.39 is 10.8 Å². The summed E-state index contributed by atoms with van der Waals surface area (Å²) in [6.45, 7) is 4.82. The summed E-state index contributed by atoms with van der Waals surface area (Å²) in [5, 5.41) is 5.85. The Labute approximate surface area is 135 Å². The van der Waals surface area contributed by atoms with E-state index in [1.54, 1.807) is 6.26 Å². The molecule has 0 bridgehead atoms. The molecule has 0 saturated carbocycles. The second-order valence-electron chi connectivity index (χ2n) is 6.24. The molecule has 0 radical (unpaired) electrons. The molecule has 1 aromatic carbocycles. The number of nitrogens with one attached hydrogen (secondary N) is 2. The fourth-order valence-corrected chi connectivity index (χ4v) is 3.23. The Kier molecular flexibility index (Phi) is 6.00. The van der Waals surface area contributed by atoms with Gasteiger partial charge in [0.15, 0.2) is 0 Å². The predicted molar refractivity (Wildman–Crippen MR) is 91.7 cm³/mol. The van der Waals surface area contributed by atoms with Gasteiger partial charge in [0, 0.05) is 29.4 Å². The number of amides is 2. The highest BCUT2D eigenvalue weighted by Crippen LogP contribution is 2.32. The average molecular weight is 322 g/mol. The van der Waals surface area contributed by atoms with Gasteiger partial charge in [0.2, 0.25) is 0 Å². The van der Waals surface area contributed by atoms with Gasteiger partial charge in [0.1, 0.15) is 0 Å². The van der Waals surface area contributed by atoms with Gasteiger partial charge in [-0.2, -0.15) is 0 Å². The van der Waals surface area contributed by atoms with Crippen LogP contribution in [0.4, 0.5) is 4.79 Å². The molecule has 2 rings (SSSR count). The van der Waals surface area contributed by atoms with Crippen LogP contribution < -0.4 is 10.6 Å². The van der Waals surface area contributed by atoms with Crippen molar-refractivity contribution in [1.29, 1.82) is 0 Å². The van der Waals surface area contributed by atoms with E-state index in [4.69, 9.17) is 0 Å². The smallest absolute Gasteiger partial charge is 0.315 e. The summed E-state index contributed by atoms with van der Waals surface area (Å²) in [7, 11) is -0.876. The normalized spacial score (nSPS) is 18.6. The van der Waals surface area contributed by atoms with Gasteiger partial charge in [0.25, 0.3) is 0 Å². The molecule has 2 N–H and O–H groups in total. The Morgan fingerprint density at radius 1 is 1.41 bits per heavy atom. The number of carbonyl (C=O) groups is 1. The molecule has 0 fully saturated rings. The topological polar surface area (TPSA) is 58.2 Å². The van der Waals surface area contributed by atoms with Crippen LogP contribution in [0.3, 0.4) is 0 Å². The van der Waals surface area contributed by atoms with E-state index >= 15 is 0 Å². The number of fused-ring (bicyclic) bond motifs is 1. The van der Waals surface area contributed by atoms with E-state index in [1.165, 1.54) is 16.7 Å². The highest BCUT2D eigenvalue weighted by molar-refractivity contribution is 7.84. The quantitative estimate of drug-likeness (QED) is 0.876. The van der Waals surface area contributed by atoms with Crippen LogP contribution in [-0.2, 0) is 17.2 Å². The van der Waals surface area contributed by atoms with Crippen molar-refractivity contribution in [2.75, 3.05) is 18.6 Å². The van der Waals surface area contributed by atoms with Crippen molar-refractivity contribution in [1.82, 2.24) is 10.6 Å². The van der Waals surface area contributed by atoms with Gasteiger partial charge in [-0.3, -0.25) is 4.21 Å². The Morgan fingerprint density at radius 2 is 2.18 bits per heavy atom. The summed E-state index contributed by atoms with van der Waals surface area (Å²) in [5.74, 6) is 0.979. The van der Waals surface area contributed by atoms with Crippen LogP contribution in [0.1, 0.15) is 55.3 Å². The van der Waals surface area contributed by atoms with Crippen molar-refractivity contribution in [3.8, 4) is 0 Å². The van der Waals surface area contributed by atoms with Crippen LogP contribution in [0.2, 0.25) is 0 Å². The Morgan fingerprint density at radius 3 is 2.86 bits per heavy atom. The molecule has 0 aliphatic heterocycles. The molecule has 5 heteroatoms. The molecule has 0 unspecified atom stereocenters. The lowest BCUT2D eigenvalue weighted by Crippen LogP contribution is -2.40. The van der Waals surface area contributed by atoms with Crippen molar-refractivity contribution in [3.05, 3.63) is 34.9 Å². The molecule has 0 spiro atoms. The van der Waals surface area contributed by atoms with Gasteiger partial charge in [0.05, 0.1) is 6.04 Å². The molecule has 2 atom stereocenters. The molecular formula is C17H26N2O2S. The minimum Gasteiger partial charge on any atom is -0.337 e. The number of hydrogen-bond acceptors (Lipinski definition) is 2. The number of rotatable bonds is 5. The molecule has 122 valence electrons. The highest BCUT2D eigenvalue weighted by atomic mass is 32.2. The van der Waals surface area contributed by atoms with E-state index in [2.05, 4.69) is 42.7 Å². The van der Waals surface area contributed by atoms with Gasteiger partial charge in [-0.05, 0) is 41.9 Å². The SMILES string of the molecule is CC(C)c1ccc2c(c1)[C@H](NC(=O)NCC[S@@](C)=O)CCC2. The van der Waals surface area contributed by atoms with Gasteiger partial charge in [-0.25, -0.2) is 4.79 Å². The predicted octanol–water partition coefficient (Wildman–Crippen LogP) is 2.87. The molecule has 1 aliphatic carbocycles. The standard InChI is InChI=1S/C17H26N2O2S/c1-12(2)14-8-7-13-5-4-6-16(15(13)11-14)19-17(20)18-9-10-22(3)21/h7-8,11-12,16H,4-6,9-10H2,1-3H3,(H2,18,19,20)/t16-,22-/m1/s1. The van der Waals surface area contributed by atoms with Crippen LogP contribution in [-0.4, -0.2) is 28.8 Å². The first-order valence-corrected chi connectivity index (χ1v) is 9.67. The van der Waals surface area contributed by atoms with Crippen molar-refractivity contribution >= 4 is 16.8 Å². The van der Waals surface area contributed by atoms with Crippen LogP contribution in [0.5, 0.6) is 0 Å². The molecule has 22 heavy (non-hydrogen) atoms. The average Bonchev–Trinajstić information content (AvgIpc) is 2.46. The van der Waals surface area contributed by atoms with Crippen molar-refractivity contribution in [2.45, 2.75) is 45.1 Å². The van der Waals surface area contributed by atoms with Gasteiger partial charge in [-0.1, -0.05) is 32.0 Å². The van der Waals surface area contributed by atoms with E-state index in [1.807, 2.05) is 0 Å². The summed E-state index contributed by atoms with van der Waals surface area (Å²) < 4.78 is 11.0. The lowest BCUT2D eigenvalue weighted by Gasteiger charge is -2.27. The molecule has 0 heterocycles. The number of benzene rings is 1. The largest absolute Gasteiger partial charge is 0.337 e. The van der Waals surface area contributed by atoms with Crippen LogP contribution in [0.15, 0.2) is 18.2 Å². The van der Waals surface area contributed by atoms with Gasteiger partial charge in [-0.15, -0.1) is 0 Å². The van der Waals surface area contributed by atoms with Gasteiger partial charge >= 0.3 is 6.03 Å². The fraction of sp³-hybridized carbons (Fsp3) is 0.588. The summed E-state index contributed by atoms with van der Waals surface area (Å²) in [4.78, 5) is 12.0. The van der Waals surface area contributed by atoms with Crippen LogP contribution >= 0.6 is 0 Å². The van der Waals surface area contributed by atoms with E-state index in [9.17, 15) is 9.00 Å².